The normalized spacial score (nSPS) is 9.73. The predicted molar refractivity (Wildman–Crippen MR) is 54.8 cm³/mol. The molecule has 1 heterocycles. The predicted octanol–water partition coefficient (Wildman–Crippen LogP) is 0.961. The van der Waals surface area contributed by atoms with Crippen molar-refractivity contribution < 1.29 is 14.3 Å². The van der Waals surface area contributed by atoms with Crippen LogP contribution in [0.2, 0.25) is 5.02 Å². The molecule has 2 N–H and O–H groups in total. The molecule has 1 rings (SSSR count). The quantitative estimate of drug-likeness (QED) is 0.757. The van der Waals surface area contributed by atoms with Gasteiger partial charge in [0.2, 0.25) is 0 Å². The largest absolute Gasteiger partial charge is 0.465 e. The summed E-state index contributed by atoms with van der Waals surface area (Å²) in [6, 6.07) is 1.47. The highest BCUT2D eigenvalue weighted by Crippen LogP contribution is 2.08. The second-order valence-electron chi connectivity index (χ2n) is 2.72. The molecule has 6 heteroatoms. The van der Waals surface area contributed by atoms with E-state index in [0.717, 1.165) is 0 Å². The molecule has 15 heavy (non-hydrogen) atoms. The van der Waals surface area contributed by atoms with Gasteiger partial charge in [-0.05, 0) is 13.0 Å². The maximum Gasteiger partial charge on any atom is 0.325 e. The van der Waals surface area contributed by atoms with Crippen LogP contribution in [0.15, 0.2) is 12.3 Å². The smallest absolute Gasteiger partial charge is 0.325 e. The Morgan fingerprint density at radius 1 is 1.60 bits per heavy atom. The van der Waals surface area contributed by atoms with Crippen LogP contribution in [0.5, 0.6) is 0 Å². The lowest BCUT2D eigenvalue weighted by molar-refractivity contribution is -0.141. The van der Waals surface area contributed by atoms with Gasteiger partial charge in [0, 0.05) is 6.20 Å². The standard InChI is InChI=1S/C9H11ClN2O3/c1-2-15-8(13)5-12-9(14)7-3-6(10)4-11-7/h3-4,11H,2,5H2,1H3,(H,12,14). The number of hydrogen-bond acceptors (Lipinski definition) is 3. The maximum atomic E-state index is 11.4. The molecule has 0 bridgehead atoms. The summed E-state index contributed by atoms with van der Waals surface area (Å²) in [6.45, 7) is 1.84. The van der Waals surface area contributed by atoms with Crippen LogP contribution in [0.3, 0.4) is 0 Å². The molecule has 0 spiro atoms. The average Bonchev–Trinajstić information content (AvgIpc) is 2.62. The Morgan fingerprint density at radius 2 is 2.33 bits per heavy atom. The zero-order valence-electron chi connectivity index (χ0n) is 8.17. The molecule has 82 valence electrons. The molecule has 0 fully saturated rings. The second-order valence-corrected chi connectivity index (χ2v) is 3.16. The lowest BCUT2D eigenvalue weighted by Crippen LogP contribution is -2.30. The fourth-order valence-corrected chi connectivity index (χ4v) is 1.12. The van der Waals surface area contributed by atoms with Gasteiger partial charge in [0.15, 0.2) is 0 Å². The van der Waals surface area contributed by atoms with Crippen LogP contribution in [-0.2, 0) is 9.53 Å². The Labute approximate surface area is 91.8 Å². The van der Waals surface area contributed by atoms with Crippen molar-refractivity contribution >= 4 is 23.5 Å². The first-order valence-electron chi connectivity index (χ1n) is 4.41. The van der Waals surface area contributed by atoms with Gasteiger partial charge in [-0.25, -0.2) is 0 Å². The highest BCUT2D eigenvalue weighted by molar-refractivity contribution is 6.30. The second kappa shape index (κ2) is 5.41. The summed E-state index contributed by atoms with van der Waals surface area (Å²) in [4.78, 5) is 24.9. The summed E-state index contributed by atoms with van der Waals surface area (Å²) in [5, 5.41) is 2.83. The fraction of sp³-hybridized carbons (Fsp3) is 0.333. The van der Waals surface area contributed by atoms with E-state index in [0.29, 0.717) is 17.3 Å². The summed E-state index contributed by atoms with van der Waals surface area (Å²) in [5.74, 6) is -0.863. The summed E-state index contributed by atoms with van der Waals surface area (Å²) in [7, 11) is 0. The van der Waals surface area contributed by atoms with E-state index < -0.39 is 11.9 Å². The van der Waals surface area contributed by atoms with E-state index in [-0.39, 0.29) is 6.54 Å². The van der Waals surface area contributed by atoms with E-state index in [1.165, 1.54) is 12.3 Å². The van der Waals surface area contributed by atoms with Gasteiger partial charge in [-0.2, -0.15) is 0 Å². The van der Waals surface area contributed by atoms with Gasteiger partial charge < -0.3 is 15.0 Å². The van der Waals surface area contributed by atoms with Crippen molar-refractivity contribution in [3.63, 3.8) is 0 Å². The molecule has 5 nitrogen and oxygen atoms in total. The van der Waals surface area contributed by atoms with Crippen molar-refractivity contribution in [1.82, 2.24) is 10.3 Å². The number of ether oxygens (including phenoxy) is 1. The minimum atomic E-state index is -0.469. The van der Waals surface area contributed by atoms with E-state index in [2.05, 4.69) is 15.0 Å². The van der Waals surface area contributed by atoms with Crippen LogP contribution in [0, 0.1) is 0 Å². The molecular weight excluding hydrogens is 220 g/mol. The van der Waals surface area contributed by atoms with Crippen LogP contribution in [0.1, 0.15) is 17.4 Å². The molecular formula is C9H11ClN2O3. The number of esters is 1. The van der Waals surface area contributed by atoms with E-state index in [9.17, 15) is 9.59 Å². The zero-order chi connectivity index (χ0) is 11.3. The monoisotopic (exact) mass is 230 g/mol. The minimum absolute atomic E-state index is 0.149. The van der Waals surface area contributed by atoms with Gasteiger partial charge in [-0.15, -0.1) is 0 Å². The number of hydrogen-bond donors (Lipinski definition) is 2. The van der Waals surface area contributed by atoms with Gasteiger partial charge in [0.1, 0.15) is 12.2 Å². The van der Waals surface area contributed by atoms with Gasteiger partial charge in [0.05, 0.1) is 11.6 Å². The number of nitrogens with one attached hydrogen (secondary N) is 2. The molecule has 1 aromatic heterocycles. The lowest BCUT2D eigenvalue weighted by atomic mass is 10.4. The molecule has 0 saturated carbocycles. The fourth-order valence-electron chi connectivity index (χ4n) is 0.959. The summed E-state index contributed by atoms with van der Waals surface area (Å²) in [5.41, 5.74) is 0.310. The van der Waals surface area contributed by atoms with Gasteiger partial charge in [0.25, 0.3) is 5.91 Å². The average molecular weight is 231 g/mol. The molecule has 0 unspecified atom stereocenters. The Morgan fingerprint density at radius 3 is 2.87 bits per heavy atom. The number of aromatic nitrogens is 1. The van der Waals surface area contributed by atoms with E-state index in [1.807, 2.05) is 0 Å². The maximum absolute atomic E-state index is 11.4. The van der Waals surface area contributed by atoms with E-state index >= 15 is 0 Å². The van der Waals surface area contributed by atoms with Crippen LogP contribution in [-0.4, -0.2) is 30.0 Å². The van der Waals surface area contributed by atoms with Gasteiger partial charge in [-0.3, -0.25) is 9.59 Å². The highest BCUT2D eigenvalue weighted by atomic mass is 35.5. The van der Waals surface area contributed by atoms with Crippen LogP contribution in [0.25, 0.3) is 0 Å². The Hall–Kier alpha value is -1.49. The molecule has 0 aromatic carbocycles. The first-order valence-corrected chi connectivity index (χ1v) is 4.79. The molecule has 0 aliphatic rings. The number of aromatic amines is 1. The number of carbonyl (C=O) groups is 2. The van der Waals surface area contributed by atoms with Crippen molar-refractivity contribution in [3.05, 3.63) is 23.0 Å². The van der Waals surface area contributed by atoms with Gasteiger partial charge >= 0.3 is 5.97 Å². The zero-order valence-corrected chi connectivity index (χ0v) is 8.93. The number of amides is 1. The molecule has 1 amide bonds. The number of halogens is 1. The van der Waals surface area contributed by atoms with Crippen molar-refractivity contribution in [2.24, 2.45) is 0 Å². The van der Waals surface area contributed by atoms with E-state index in [4.69, 9.17) is 11.6 Å². The highest BCUT2D eigenvalue weighted by Gasteiger charge is 2.09. The third kappa shape index (κ3) is 3.63. The summed E-state index contributed by atoms with van der Waals surface area (Å²) < 4.78 is 4.64. The minimum Gasteiger partial charge on any atom is -0.465 e. The molecule has 1 aromatic rings. The van der Waals surface area contributed by atoms with Crippen LogP contribution in [0.4, 0.5) is 0 Å². The Kier molecular flexibility index (Phi) is 4.17. The first kappa shape index (κ1) is 11.6. The third-order valence-electron chi connectivity index (χ3n) is 1.59. The van der Waals surface area contributed by atoms with Crippen molar-refractivity contribution in [2.75, 3.05) is 13.2 Å². The van der Waals surface area contributed by atoms with Crippen molar-refractivity contribution in [1.29, 1.82) is 0 Å². The van der Waals surface area contributed by atoms with Crippen LogP contribution < -0.4 is 5.32 Å². The SMILES string of the molecule is CCOC(=O)CNC(=O)c1cc(Cl)c[nH]1. The molecule has 0 atom stereocenters. The number of rotatable bonds is 4. The van der Waals surface area contributed by atoms with Crippen molar-refractivity contribution in [3.8, 4) is 0 Å². The van der Waals surface area contributed by atoms with Gasteiger partial charge in [-0.1, -0.05) is 11.6 Å². The first-order chi connectivity index (χ1) is 7.13. The topological polar surface area (TPSA) is 71.2 Å². The van der Waals surface area contributed by atoms with Crippen molar-refractivity contribution in [2.45, 2.75) is 6.92 Å². The molecule has 0 aliphatic heterocycles. The third-order valence-corrected chi connectivity index (χ3v) is 1.81. The van der Waals surface area contributed by atoms with E-state index in [1.54, 1.807) is 6.92 Å². The lowest BCUT2D eigenvalue weighted by Gasteiger charge is -2.02. The van der Waals surface area contributed by atoms with Crippen LogP contribution >= 0.6 is 11.6 Å². The Bertz CT molecular complexity index is 362. The Balaban J connectivity index is 2.40. The molecule has 0 aliphatic carbocycles. The summed E-state index contributed by atoms with van der Waals surface area (Å²) in [6.07, 6.45) is 1.49. The number of H-pyrrole nitrogens is 1. The molecule has 0 radical (unpaired) electrons. The summed E-state index contributed by atoms with van der Waals surface area (Å²) >= 11 is 5.61. The molecule has 0 saturated heterocycles. The number of carbonyl (C=O) groups excluding carboxylic acids is 2.